The molecule has 10 heteroatoms. The summed E-state index contributed by atoms with van der Waals surface area (Å²) < 4.78 is 15.0. The quantitative estimate of drug-likeness (QED) is 0.204. The topological polar surface area (TPSA) is 60.7 Å². The molecule has 186 valence electrons. The normalized spacial score (nSPS) is 15.0. The SMILES string of the molecule is CS(=O)c1c(-c2nnc(C3(c4ccc(Cl)cc4)CC3)s2)nn(-c2ccccc2Cl)c1-c1ccc(Cl)cc1. The van der Waals surface area contributed by atoms with E-state index in [4.69, 9.17) is 39.9 Å². The molecule has 1 aliphatic carbocycles. The van der Waals surface area contributed by atoms with Crippen molar-refractivity contribution in [2.45, 2.75) is 23.2 Å². The smallest absolute Gasteiger partial charge is 0.169 e. The molecule has 37 heavy (non-hydrogen) atoms. The number of halogens is 3. The Bertz CT molecular complexity index is 1640. The van der Waals surface area contributed by atoms with Gasteiger partial charge in [0.25, 0.3) is 0 Å². The molecule has 0 bridgehead atoms. The molecule has 0 spiro atoms. The monoisotopic (exact) mass is 584 g/mol. The lowest BCUT2D eigenvalue weighted by atomic mass is 9.97. The van der Waals surface area contributed by atoms with Crippen molar-refractivity contribution in [3.63, 3.8) is 0 Å². The maximum absolute atomic E-state index is 13.2. The van der Waals surface area contributed by atoms with Gasteiger partial charge in [-0.15, -0.1) is 10.2 Å². The zero-order valence-corrected chi connectivity index (χ0v) is 23.4. The molecule has 0 radical (unpaired) electrons. The van der Waals surface area contributed by atoms with E-state index >= 15 is 0 Å². The van der Waals surface area contributed by atoms with Crippen LogP contribution in [0.2, 0.25) is 15.1 Å². The average Bonchev–Trinajstić information content (AvgIpc) is 3.37. The van der Waals surface area contributed by atoms with Gasteiger partial charge in [-0.25, -0.2) is 4.68 Å². The molecule has 1 fully saturated rings. The number of hydrogen-bond acceptors (Lipinski definition) is 5. The van der Waals surface area contributed by atoms with Gasteiger partial charge in [-0.05, 0) is 54.8 Å². The molecule has 0 aliphatic heterocycles. The molecule has 0 saturated heterocycles. The Morgan fingerprint density at radius 1 is 0.892 bits per heavy atom. The van der Waals surface area contributed by atoms with Crippen LogP contribution in [0.3, 0.4) is 0 Å². The predicted molar refractivity (Wildman–Crippen MR) is 152 cm³/mol. The first-order valence-electron chi connectivity index (χ1n) is 11.4. The maximum Gasteiger partial charge on any atom is 0.169 e. The lowest BCUT2D eigenvalue weighted by molar-refractivity contribution is 0.687. The Morgan fingerprint density at radius 2 is 1.54 bits per heavy atom. The highest BCUT2D eigenvalue weighted by atomic mass is 35.5. The van der Waals surface area contributed by atoms with E-state index in [0.29, 0.717) is 42.0 Å². The number of nitrogens with zero attached hydrogens (tertiary/aromatic N) is 4. The minimum atomic E-state index is -1.39. The molecular formula is C27H19Cl3N4OS2. The second-order valence-corrected chi connectivity index (χ2v) is 12.4. The van der Waals surface area contributed by atoms with Gasteiger partial charge in [0.05, 0.1) is 32.1 Å². The third kappa shape index (κ3) is 4.43. The van der Waals surface area contributed by atoms with Gasteiger partial charge >= 0.3 is 0 Å². The fraction of sp³-hybridized carbons (Fsp3) is 0.148. The van der Waals surface area contributed by atoms with Crippen molar-refractivity contribution < 1.29 is 4.21 Å². The Hall–Kier alpha value is -2.55. The Labute approximate surface area is 235 Å². The summed E-state index contributed by atoms with van der Waals surface area (Å²) in [5.74, 6) is 0. The van der Waals surface area contributed by atoms with Crippen molar-refractivity contribution in [3.8, 4) is 27.6 Å². The summed E-state index contributed by atoms with van der Waals surface area (Å²) in [7, 11) is -1.39. The predicted octanol–water partition coefficient (Wildman–Crippen LogP) is 7.84. The molecule has 6 rings (SSSR count). The summed E-state index contributed by atoms with van der Waals surface area (Å²) in [6.07, 6.45) is 3.62. The van der Waals surface area contributed by atoms with E-state index in [0.717, 1.165) is 23.4 Å². The Kier molecular flexibility index (Phi) is 6.45. The van der Waals surface area contributed by atoms with E-state index in [1.165, 1.54) is 16.9 Å². The summed E-state index contributed by atoms with van der Waals surface area (Å²) in [6, 6.07) is 22.7. The highest BCUT2D eigenvalue weighted by molar-refractivity contribution is 7.84. The molecule has 1 atom stereocenters. The van der Waals surface area contributed by atoms with Gasteiger partial charge in [0.2, 0.25) is 0 Å². The van der Waals surface area contributed by atoms with Crippen LogP contribution in [0.15, 0.2) is 77.7 Å². The van der Waals surface area contributed by atoms with Gasteiger partial charge in [0.15, 0.2) is 5.01 Å². The number of para-hydroxylation sites is 1. The third-order valence-corrected chi connectivity index (χ3v) is 9.43. The lowest BCUT2D eigenvalue weighted by Gasteiger charge is -2.11. The number of rotatable bonds is 6. The molecule has 3 aromatic carbocycles. The van der Waals surface area contributed by atoms with E-state index in [9.17, 15) is 4.21 Å². The first kappa shape index (κ1) is 24.8. The molecule has 2 aromatic heterocycles. The van der Waals surface area contributed by atoms with Crippen molar-refractivity contribution in [1.29, 1.82) is 0 Å². The van der Waals surface area contributed by atoms with E-state index in [1.54, 1.807) is 29.1 Å². The first-order valence-corrected chi connectivity index (χ1v) is 15.0. The largest absolute Gasteiger partial charge is 0.254 e. The van der Waals surface area contributed by atoms with E-state index in [-0.39, 0.29) is 5.41 Å². The second kappa shape index (κ2) is 9.64. The summed E-state index contributed by atoms with van der Waals surface area (Å²) in [4.78, 5) is 0.571. The molecular weight excluding hydrogens is 567 g/mol. The molecule has 5 aromatic rings. The number of aromatic nitrogens is 4. The van der Waals surface area contributed by atoms with Crippen LogP contribution in [-0.2, 0) is 16.2 Å². The van der Waals surface area contributed by atoms with Crippen LogP contribution in [0.25, 0.3) is 27.6 Å². The summed E-state index contributed by atoms with van der Waals surface area (Å²) in [5.41, 5.74) is 3.70. The van der Waals surface area contributed by atoms with Crippen LogP contribution < -0.4 is 0 Å². The second-order valence-electron chi connectivity index (χ2n) is 8.85. The summed E-state index contributed by atoms with van der Waals surface area (Å²) >= 11 is 20.4. The van der Waals surface area contributed by atoms with Gasteiger partial charge in [0, 0.05) is 27.3 Å². The molecule has 1 saturated carbocycles. The van der Waals surface area contributed by atoms with E-state index in [1.807, 2.05) is 54.6 Å². The van der Waals surface area contributed by atoms with E-state index in [2.05, 4.69) is 10.2 Å². The van der Waals surface area contributed by atoms with Gasteiger partial charge in [0.1, 0.15) is 10.7 Å². The van der Waals surface area contributed by atoms with Crippen LogP contribution in [0.4, 0.5) is 0 Å². The van der Waals surface area contributed by atoms with Crippen LogP contribution in [-0.4, -0.2) is 30.4 Å². The average molecular weight is 586 g/mol. The molecule has 1 aliphatic rings. The highest BCUT2D eigenvalue weighted by Crippen LogP contribution is 2.55. The third-order valence-electron chi connectivity index (χ3n) is 6.51. The standard InChI is InChI=1S/C27H19Cl3N4OS2/c1-37(35)24-22(25-31-32-26(36-25)27(14-15-27)17-8-12-19(29)13-9-17)33-34(21-5-3-2-4-20(21)30)23(24)16-6-10-18(28)11-7-16/h2-13H,14-15H2,1H3. The van der Waals surface area contributed by atoms with Crippen molar-refractivity contribution in [1.82, 2.24) is 20.0 Å². The van der Waals surface area contributed by atoms with Crippen LogP contribution in [0.1, 0.15) is 23.4 Å². The van der Waals surface area contributed by atoms with Crippen molar-refractivity contribution >= 4 is 56.9 Å². The molecule has 2 heterocycles. The maximum atomic E-state index is 13.2. The minimum Gasteiger partial charge on any atom is -0.254 e. The molecule has 5 nitrogen and oxygen atoms in total. The lowest BCUT2D eigenvalue weighted by Crippen LogP contribution is -2.07. The zero-order valence-electron chi connectivity index (χ0n) is 19.5. The van der Waals surface area contributed by atoms with Gasteiger partial charge in [-0.2, -0.15) is 5.10 Å². The van der Waals surface area contributed by atoms with Gasteiger partial charge < -0.3 is 0 Å². The summed E-state index contributed by atoms with van der Waals surface area (Å²) in [5, 5.41) is 17.4. The Morgan fingerprint density at radius 3 is 2.16 bits per heavy atom. The fourth-order valence-corrected chi connectivity index (χ4v) is 7.03. The highest BCUT2D eigenvalue weighted by Gasteiger charge is 2.49. The minimum absolute atomic E-state index is 0.170. The van der Waals surface area contributed by atoms with Crippen molar-refractivity contribution in [2.24, 2.45) is 0 Å². The fourth-order valence-electron chi connectivity index (χ4n) is 4.51. The van der Waals surface area contributed by atoms with Gasteiger partial charge in [-0.1, -0.05) is 82.5 Å². The first-order chi connectivity index (χ1) is 17.9. The zero-order chi connectivity index (χ0) is 25.7. The van der Waals surface area contributed by atoms with Crippen molar-refractivity contribution in [2.75, 3.05) is 6.26 Å². The number of benzene rings is 3. The van der Waals surface area contributed by atoms with Gasteiger partial charge in [-0.3, -0.25) is 4.21 Å². The van der Waals surface area contributed by atoms with E-state index < -0.39 is 10.8 Å². The Balaban J connectivity index is 1.54. The van der Waals surface area contributed by atoms with Crippen LogP contribution in [0, 0.1) is 0 Å². The van der Waals surface area contributed by atoms with Crippen LogP contribution >= 0.6 is 46.1 Å². The van der Waals surface area contributed by atoms with Crippen molar-refractivity contribution in [3.05, 3.63) is 98.4 Å². The summed E-state index contributed by atoms with van der Waals surface area (Å²) in [6.45, 7) is 0. The molecule has 0 N–H and O–H groups in total. The molecule has 0 amide bonds. The van der Waals surface area contributed by atoms with Crippen LogP contribution in [0.5, 0.6) is 0 Å². The molecule has 1 unspecified atom stereocenters. The number of hydrogen-bond donors (Lipinski definition) is 0.